The maximum Gasteiger partial charge on any atom is 0.326 e. The Bertz CT molecular complexity index is 403. The fourth-order valence-corrected chi connectivity index (χ4v) is 2.11. The van der Waals surface area contributed by atoms with Crippen LogP contribution in [0, 0.1) is 0 Å². The van der Waals surface area contributed by atoms with Crippen molar-refractivity contribution in [3.63, 3.8) is 0 Å². The second kappa shape index (κ2) is 9.86. The molecule has 0 aliphatic rings. The van der Waals surface area contributed by atoms with E-state index >= 15 is 0 Å². The monoisotopic (exact) mass is 321 g/mol. The highest BCUT2D eigenvalue weighted by molar-refractivity contribution is 7.98. The van der Waals surface area contributed by atoms with E-state index in [9.17, 15) is 19.2 Å². The van der Waals surface area contributed by atoms with Crippen molar-refractivity contribution < 1.29 is 29.4 Å². The summed E-state index contributed by atoms with van der Waals surface area (Å²) < 4.78 is 0. The van der Waals surface area contributed by atoms with Gasteiger partial charge in [-0.2, -0.15) is 11.8 Å². The normalized spacial score (nSPS) is 13.0. The van der Waals surface area contributed by atoms with E-state index in [2.05, 4.69) is 10.6 Å². The van der Waals surface area contributed by atoms with E-state index < -0.39 is 36.0 Å². The molecule has 2 unspecified atom stereocenters. The molecule has 0 aromatic carbocycles. The van der Waals surface area contributed by atoms with Crippen molar-refractivity contribution in [2.45, 2.75) is 31.3 Å². The van der Waals surface area contributed by atoms with E-state index in [0.717, 1.165) is 0 Å². The van der Waals surface area contributed by atoms with Crippen LogP contribution in [0.4, 0.5) is 4.79 Å². The molecule has 9 nitrogen and oxygen atoms in total. The van der Waals surface area contributed by atoms with Crippen molar-refractivity contribution in [1.29, 1.82) is 0 Å². The fraction of sp³-hybridized carbons (Fsp3) is 0.636. The predicted octanol–water partition coefficient (Wildman–Crippen LogP) is -0.789. The lowest BCUT2D eigenvalue weighted by molar-refractivity contribution is -0.140. The van der Waals surface area contributed by atoms with Crippen LogP contribution in [-0.4, -0.2) is 58.2 Å². The van der Waals surface area contributed by atoms with Gasteiger partial charge < -0.3 is 26.6 Å². The highest BCUT2D eigenvalue weighted by Gasteiger charge is 2.22. The summed E-state index contributed by atoms with van der Waals surface area (Å²) in [6.07, 6.45) is 1.09. The van der Waals surface area contributed by atoms with Crippen molar-refractivity contribution in [3.05, 3.63) is 0 Å². The van der Waals surface area contributed by atoms with Gasteiger partial charge >= 0.3 is 18.0 Å². The molecule has 6 N–H and O–H groups in total. The number of hydrogen-bond donors (Lipinski definition) is 5. The summed E-state index contributed by atoms with van der Waals surface area (Å²) in [5, 5.41) is 22.0. The number of amides is 3. The van der Waals surface area contributed by atoms with Gasteiger partial charge in [-0.3, -0.25) is 9.59 Å². The van der Waals surface area contributed by atoms with Gasteiger partial charge in [0, 0.05) is 24.6 Å². The van der Waals surface area contributed by atoms with Gasteiger partial charge in [0.05, 0.1) is 0 Å². The number of rotatable bonds is 10. The third kappa shape index (κ3) is 9.55. The van der Waals surface area contributed by atoms with Gasteiger partial charge in [-0.25, -0.2) is 9.59 Å². The summed E-state index contributed by atoms with van der Waals surface area (Å²) in [6, 6.07) is -2.62. The molecule has 0 spiro atoms. The lowest BCUT2D eigenvalue weighted by Crippen LogP contribution is -2.50. The Morgan fingerprint density at radius 2 is 1.81 bits per heavy atom. The molecule has 0 aliphatic heterocycles. The smallest absolute Gasteiger partial charge is 0.326 e. The van der Waals surface area contributed by atoms with Crippen LogP contribution in [0.25, 0.3) is 0 Å². The summed E-state index contributed by atoms with van der Waals surface area (Å²) in [7, 11) is 0. The van der Waals surface area contributed by atoms with E-state index in [1.54, 1.807) is 6.26 Å². The average molecular weight is 321 g/mol. The molecule has 0 aromatic rings. The number of urea groups is 1. The largest absolute Gasteiger partial charge is 0.481 e. The zero-order chi connectivity index (χ0) is 16.4. The fourth-order valence-electron chi connectivity index (χ4n) is 1.51. The molecule has 0 radical (unpaired) electrons. The Morgan fingerprint density at radius 3 is 2.24 bits per heavy atom. The first-order valence-electron chi connectivity index (χ1n) is 6.05. The Morgan fingerprint density at radius 1 is 1.19 bits per heavy atom. The Kier molecular flexibility index (Phi) is 8.93. The molecule has 0 saturated heterocycles. The predicted molar refractivity (Wildman–Crippen MR) is 75.9 cm³/mol. The summed E-state index contributed by atoms with van der Waals surface area (Å²) in [4.78, 5) is 43.9. The summed E-state index contributed by atoms with van der Waals surface area (Å²) in [5.41, 5.74) is 5.05. The highest BCUT2D eigenvalue weighted by atomic mass is 32.2. The first kappa shape index (κ1) is 19.0. The standard InChI is InChI=1S/C11H19N3O6S/c1-21-5-6(4-8(12)15)13-11(20)14-7(10(18)19)2-3-9(16)17/h6-7H,2-5H2,1H3,(H2,12,15)(H,16,17)(H,18,19)(H2,13,14,20). The molecule has 0 heterocycles. The molecule has 120 valence electrons. The van der Waals surface area contributed by atoms with Gasteiger partial charge in [0.15, 0.2) is 0 Å². The van der Waals surface area contributed by atoms with Crippen molar-refractivity contribution in [2.75, 3.05) is 12.0 Å². The second-order valence-corrected chi connectivity index (χ2v) is 5.17. The van der Waals surface area contributed by atoms with Crippen LogP contribution in [-0.2, 0) is 14.4 Å². The number of carbonyl (C=O) groups excluding carboxylic acids is 2. The zero-order valence-electron chi connectivity index (χ0n) is 11.5. The number of aliphatic carboxylic acids is 2. The SMILES string of the molecule is CSCC(CC(N)=O)NC(=O)NC(CCC(=O)O)C(=O)O. The molecule has 21 heavy (non-hydrogen) atoms. The zero-order valence-corrected chi connectivity index (χ0v) is 12.3. The first-order chi connectivity index (χ1) is 9.76. The minimum absolute atomic E-state index is 0.0683. The Hall–Kier alpha value is -1.97. The van der Waals surface area contributed by atoms with Crippen molar-refractivity contribution in [2.24, 2.45) is 5.73 Å². The summed E-state index contributed by atoms with van der Waals surface area (Å²) in [5.74, 6) is -2.64. The molecule has 0 aromatic heterocycles. The molecule has 0 saturated carbocycles. The average Bonchev–Trinajstić information content (AvgIpc) is 2.33. The van der Waals surface area contributed by atoms with Crippen LogP contribution in [0.15, 0.2) is 0 Å². The quantitative estimate of drug-likeness (QED) is 0.352. The van der Waals surface area contributed by atoms with Gasteiger partial charge in [0.25, 0.3) is 0 Å². The summed E-state index contributed by atoms with van der Waals surface area (Å²) in [6.45, 7) is 0. The lowest BCUT2D eigenvalue weighted by Gasteiger charge is -2.19. The van der Waals surface area contributed by atoms with Crippen LogP contribution >= 0.6 is 11.8 Å². The molecule has 2 atom stereocenters. The highest BCUT2D eigenvalue weighted by Crippen LogP contribution is 2.02. The number of carbonyl (C=O) groups is 4. The van der Waals surface area contributed by atoms with Gasteiger partial charge in [-0.05, 0) is 12.7 Å². The van der Waals surface area contributed by atoms with Crippen LogP contribution in [0.1, 0.15) is 19.3 Å². The third-order valence-corrected chi connectivity index (χ3v) is 3.14. The van der Waals surface area contributed by atoms with Crippen molar-refractivity contribution >= 4 is 35.6 Å². The molecule has 0 aliphatic carbocycles. The number of primary amides is 1. The maximum absolute atomic E-state index is 11.7. The number of hydrogen-bond acceptors (Lipinski definition) is 5. The van der Waals surface area contributed by atoms with E-state index in [1.165, 1.54) is 11.8 Å². The molecular weight excluding hydrogens is 302 g/mol. The second-order valence-electron chi connectivity index (χ2n) is 4.26. The minimum atomic E-state index is -1.33. The topological polar surface area (TPSA) is 159 Å². The number of carboxylic acids is 2. The molecule has 0 bridgehead atoms. The van der Waals surface area contributed by atoms with Gasteiger partial charge in [0.1, 0.15) is 6.04 Å². The van der Waals surface area contributed by atoms with Crippen LogP contribution in [0.2, 0.25) is 0 Å². The minimum Gasteiger partial charge on any atom is -0.481 e. The van der Waals surface area contributed by atoms with Crippen LogP contribution in [0.3, 0.4) is 0 Å². The van der Waals surface area contributed by atoms with Gasteiger partial charge in [-0.15, -0.1) is 0 Å². The molecule has 10 heteroatoms. The van der Waals surface area contributed by atoms with E-state index in [1.807, 2.05) is 0 Å². The first-order valence-corrected chi connectivity index (χ1v) is 7.44. The molecular formula is C11H19N3O6S. The number of carboxylic acid groups (broad SMARTS) is 2. The van der Waals surface area contributed by atoms with E-state index in [0.29, 0.717) is 5.75 Å². The Balaban J connectivity index is 4.48. The maximum atomic E-state index is 11.7. The van der Waals surface area contributed by atoms with Gasteiger partial charge in [0.2, 0.25) is 5.91 Å². The Labute approximate surface area is 125 Å². The third-order valence-electron chi connectivity index (χ3n) is 2.40. The number of nitrogens with one attached hydrogen (secondary N) is 2. The van der Waals surface area contributed by atoms with Crippen molar-refractivity contribution in [1.82, 2.24) is 10.6 Å². The summed E-state index contributed by atoms with van der Waals surface area (Å²) >= 11 is 1.39. The van der Waals surface area contributed by atoms with E-state index in [-0.39, 0.29) is 19.3 Å². The van der Waals surface area contributed by atoms with Crippen molar-refractivity contribution in [3.8, 4) is 0 Å². The molecule has 3 amide bonds. The number of nitrogens with two attached hydrogens (primary N) is 1. The number of thioether (sulfide) groups is 1. The van der Waals surface area contributed by atoms with Gasteiger partial charge in [-0.1, -0.05) is 0 Å². The van der Waals surface area contributed by atoms with E-state index in [4.69, 9.17) is 15.9 Å². The van der Waals surface area contributed by atoms with Crippen LogP contribution < -0.4 is 16.4 Å². The van der Waals surface area contributed by atoms with Crippen LogP contribution in [0.5, 0.6) is 0 Å². The lowest BCUT2D eigenvalue weighted by atomic mass is 10.1. The molecule has 0 fully saturated rings. The molecule has 0 rings (SSSR count).